The summed E-state index contributed by atoms with van der Waals surface area (Å²) in [7, 11) is -1.23. The second-order valence-corrected chi connectivity index (χ2v) is 10.6. The molecule has 0 saturated carbocycles. The number of benzene rings is 1. The fourth-order valence-corrected chi connectivity index (χ4v) is 6.96. The number of ether oxygens (including phenoxy) is 1. The summed E-state index contributed by atoms with van der Waals surface area (Å²) in [5.74, 6) is 0.923. The summed E-state index contributed by atoms with van der Waals surface area (Å²) in [4.78, 5) is 0. The summed E-state index contributed by atoms with van der Waals surface area (Å²) in [5.41, 5.74) is 2.59. The second kappa shape index (κ2) is 7.97. The van der Waals surface area contributed by atoms with Crippen LogP contribution in [-0.2, 0) is 30.9 Å². The van der Waals surface area contributed by atoms with Gasteiger partial charge in [-0.3, -0.25) is 0 Å². The van der Waals surface area contributed by atoms with E-state index in [1.165, 1.54) is 21.9 Å². The van der Waals surface area contributed by atoms with E-state index in [1.807, 2.05) is 6.08 Å². The molecular formula is C18H19Cl2O2SiZr. The molecule has 24 heavy (non-hydrogen) atoms. The minimum Gasteiger partial charge on any atom is -1.00 e. The third-order valence-corrected chi connectivity index (χ3v) is 7.97. The van der Waals surface area contributed by atoms with Crippen LogP contribution in [0, 0.1) is 0 Å². The van der Waals surface area contributed by atoms with E-state index >= 15 is 0 Å². The minimum absolute atomic E-state index is 0. The van der Waals surface area contributed by atoms with Gasteiger partial charge in [-0.15, -0.1) is 29.0 Å². The summed E-state index contributed by atoms with van der Waals surface area (Å²) < 4.78 is 5.71. The van der Waals surface area contributed by atoms with Crippen LogP contribution >= 0.6 is 0 Å². The number of fused-ring (bicyclic) bond motifs is 3. The van der Waals surface area contributed by atoms with Gasteiger partial charge in [0.25, 0.3) is 0 Å². The first-order valence-electron chi connectivity index (χ1n) is 7.51. The standard InChI is InChI=1S/C18H19O2Si.2ClH.Zr/c1-21(2)16-11-12-5-3-7-14(17(12)18(16)21)13-6-4-8-15(13)20-10-9-19;;;/h3-5,7-8,11,19H,6,9-10H2,1-2H3;2*1H;/q-1;;;+3/p-2. The van der Waals surface area contributed by atoms with Crippen molar-refractivity contribution < 1.29 is 60.9 Å². The maximum absolute atomic E-state index is 8.98. The van der Waals surface area contributed by atoms with Crippen molar-refractivity contribution in [3.05, 3.63) is 47.7 Å². The van der Waals surface area contributed by atoms with E-state index in [0.717, 1.165) is 12.2 Å². The fraction of sp³-hybridized carbons (Fsp3) is 0.278. The van der Waals surface area contributed by atoms with Crippen LogP contribution in [-0.4, -0.2) is 26.4 Å². The van der Waals surface area contributed by atoms with Crippen molar-refractivity contribution in [2.75, 3.05) is 13.2 Å². The Morgan fingerprint density at radius 1 is 1.25 bits per heavy atom. The van der Waals surface area contributed by atoms with Crippen molar-refractivity contribution in [3.8, 4) is 0 Å². The molecule has 0 saturated heterocycles. The summed E-state index contributed by atoms with van der Waals surface area (Å²) in [6.07, 6.45) is 5.10. The zero-order valence-electron chi connectivity index (χ0n) is 13.7. The van der Waals surface area contributed by atoms with Crippen molar-refractivity contribution in [1.82, 2.24) is 0 Å². The molecule has 0 spiro atoms. The summed E-state index contributed by atoms with van der Waals surface area (Å²) in [5, 5.41) is 15.0. The Hall–Kier alpha value is -0.250. The monoisotopic (exact) mass is 455 g/mol. The predicted molar refractivity (Wildman–Crippen MR) is 90.0 cm³/mol. The van der Waals surface area contributed by atoms with E-state index in [4.69, 9.17) is 9.84 Å². The maximum Gasteiger partial charge on any atom is 3.00 e. The fourth-order valence-electron chi connectivity index (χ4n) is 3.59. The predicted octanol–water partition coefficient (Wildman–Crippen LogP) is -3.62. The number of hydrogen-bond donors (Lipinski definition) is 1. The normalized spacial score (nSPS) is 16.1. The van der Waals surface area contributed by atoms with Crippen molar-refractivity contribution in [3.63, 3.8) is 0 Å². The molecule has 4 rings (SSSR count). The SMILES string of the molecule is C[Si]1(C)c2[cH-]c3cccc(C4=C(OCCO)C=CC4)c3c21.[Cl-].[Cl-].[Zr+3]. The van der Waals surface area contributed by atoms with E-state index < -0.39 is 8.07 Å². The van der Waals surface area contributed by atoms with Gasteiger partial charge in [-0.2, -0.15) is 10.4 Å². The Morgan fingerprint density at radius 2 is 2.00 bits per heavy atom. The Kier molecular flexibility index (Phi) is 7.24. The molecule has 1 radical (unpaired) electrons. The van der Waals surface area contributed by atoms with E-state index in [1.54, 1.807) is 10.4 Å². The minimum atomic E-state index is -1.23. The molecule has 6 heteroatoms. The molecule has 1 aliphatic carbocycles. The van der Waals surface area contributed by atoms with Crippen LogP contribution in [0.5, 0.6) is 0 Å². The largest absolute Gasteiger partial charge is 3.00 e. The molecule has 1 N–H and O–H groups in total. The topological polar surface area (TPSA) is 29.5 Å². The van der Waals surface area contributed by atoms with Crippen LogP contribution < -0.4 is 35.2 Å². The van der Waals surface area contributed by atoms with Crippen LogP contribution in [0.2, 0.25) is 13.1 Å². The third-order valence-electron chi connectivity index (χ3n) is 4.71. The Labute approximate surface area is 175 Å². The van der Waals surface area contributed by atoms with Crippen molar-refractivity contribution in [2.45, 2.75) is 19.5 Å². The van der Waals surface area contributed by atoms with Gasteiger partial charge in [0.05, 0.1) is 6.61 Å². The molecule has 125 valence electrons. The Balaban J connectivity index is 0.000000960. The van der Waals surface area contributed by atoms with Crippen LogP contribution in [0.15, 0.2) is 42.2 Å². The van der Waals surface area contributed by atoms with Gasteiger partial charge in [0.15, 0.2) is 0 Å². The first kappa shape index (κ1) is 21.8. The van der Waals surface area contributed by atoms with Gasteiger partial charge in [-0.1, -0.05) is 30.8 Å². The molecule has 1 aliphatic heterocycles. The van der Waals surface area contributed by atoms with Crippen LogP contribution in [0.1, 0.15) is 12.0 Å². The molecular weight excluding hydrogens is 438 g/mol. The number of rotatable bonds is 4. The molecule has 0 bridgehead atoms. The van der Waals surface area contributed by atoms with Gasteiger partial charge < -0.3 is 34.7 Å². The summed E-state index contributed by atoms with van der Waals surface area (Å²) in [6.45, 7) is 5.27. The number of allylic oxidation sites excluding steroid dienone is 3. The van der Waals surface area contributed by atoms with Gasteiger partial charge in [-0.25, -0.2) is 0 Å². The average Bonchev–Trinajstić information content (AvgIpc) is 2.91. The third kappa shape index (κ3) is 3.24. The molecule has 1 heterocycles. The average molecular weight is 458 g/mol. The van der Waals surface area contributed by atoms with Gasteiger partial charge in [-0.05, 0) is 18.1 Å². The second-order valence-electron chi connectivity index (χ2n) is 6.35. The molecule has 0 atom stereocenters. The Morgan fingerprint density at radius 3 is 2.71 bits per heavy atom. The Bertz CT molecular complexity index is 809. The number of aliphatic hydroxyl groups excluding tert-OH is 1. The van der Waals surface area contributed by atoms with Crippen LogP contribution in [0.3, 0.4) is 0 Å². The molecule has 0 amide bonds. The van der Waals surface area contributed by atoms with Gasteiger partial charge in [0, 0.05) is 8.07 Å². The zero-order chi connectivity index (χ0) is 14.6. The van der Waals surface area contributed by atoms with Gasteiger partial charge in [0.1, 0.15) is 12.4 Å². The van der Waals surface area contributed by atoms with Gasteiger partial charge in [0.2, 0.25) is 0 Å². The van der Waals surface area contributed by atoms with Crippen LogP contribution in [0.25, 0.3) is 16.3 Å². The van der Waals surface area contributed by atoms with E-state index in [2.05, 4.69) is 43.4 Å². The quantitative estimate of drug-likeness (QED) is 0.380. The van der Waals surface area contributed by atoms with E-state index in [-0.39, 0.29) is 57.6 Å². The summed E-state index contributed by atoms with van der Waals surface area (Å²) in [6, 6.07) is 8.96. The first-order valence-corrected chi connectivity index (χ1v) is 10.5. The van der Waals surface area contributed by atoms with E-state index in [9.17, 15) is 0 Å². The van der Waals surface area contributed by atoms with Gasteiger partial charge >= 0.3 is 26.2 Å². The van der Waals surface area contributed by atoms with Crippen molar-refractivity contribution >= 4 is 34.8 Å². The molecule has 2 aromatic carbocycles. The zero-order valence-corrected chi connectivity index (χ0v) is 18.7. The number of halogens is 2. The number of hydrogen-bond acceptors (Lipinski definition) is 2. The van der Waals surface area contributed by atoms with Crippen LogP contribution in [0.4, 0.5) is 0 Å². The van der Waals surface area contributed by atoms with E-state index in [0.29, 0.717) is 6.61 Å². The molecule has 0 unspecified atom stereocenters. The number of aliphatic hydroxyl groups is 1. The molecule has 0 aromatic heterocycles. The molecule has 2 aromatic rings. The molecule has 0 fully saturated rings. The molecule has 2 aliphatic rings. The van der Waals surface area contributed by atoms with Crippen molar-refractivity contribution in [1.29, 1.82) is 0 Å². The molecule has 2 nitrogen and oxygen atoms in total. The first-order chi connectivity index (χ1) is 10.1. The summed E-state index contributed by atoms with van der Waals surface area (Å²) >= 11 is 0. The maximum atomic E-state index is 8.98. The smallest absolute Gasteiger partial charge is 1.00 e. The van der Waals surface area contributed by atoms with Crippen molar-refractivity contribution in [2.24, 2.45) is 0 Å².